The van der Waals surface area contributed by atoms with Crippen molar-refractivity contribution in [2.45, 2.75) is 18.9 Å². The second kappa shape index (κ2) is 3.67. The molecule has 3 rings (SSSR count). The second-order valence-electron chi connectivity index (χ2n) is 4.12. The van der Waals surface area contributed by atoms with Crippen LogP contribution in [0.1, 0.15) is 23.7 Å². The zero-order chi connectivity index (χ0) is 11.0. The molecule has 0 N–H and O–H groups in total. The van der Waals surface area contributed by atoms with Crippen LogP contribution in [-0.2, 0) is 6.42 Å². The van der Waals surface area contributed by atoms with Gasteiger partial charge in [-0.25, -0.2) is 4.98 Å². The van der Waals surface area contributed by atoms with Crippen molar-refractivity contribution in [3.8, 4) is 5.75 Å². The van der Waals surface area contributed by atoms with Crippen LogP contribution in [0.15, 0.2) is 36.8 Å². The average Bonchev–Trinajstić information content (AvgIpc) is 2.91. The van der Waals surface area contributed by atoms with Gasteiger partial charge in [0, 0.05) is 11.9 Å². The van der Waals surface area contributed by atoms with E-state index in [1.807, 2.05) is 24.7 Å². The SMILES string of the molecule is COc1ccc(C2CCc3cncn32)cc1. The maximum atomic E-state index is 5.17. The molecule has 0 aliphatic carbocycles. The van der Waals surface area contributed by atoms with Gasteiger partial charge in [0.1, 0.15) is 5.75 Å². The molecule has 0 amide bonds. The van der Waals surface area contributed by atoms with E-state index in [0.29, 0.717) is 6.04 Å². The number of hydrogen-bond acceptors (Lipinski definition) is 2. The van der Waals surface area contributed by atoms with E-state index in [-0.39, 0.29) is 0 Å². The summed E-state index contributed by atoms with van der Waals surface area (Å²) in [7, 11) is 1.69. The van der Waals surface area contributed by atoms with Gasteiger partial charge in [-0.2, -0.15) is 0 Å². The molecule has 1 aromatic carbocycles. The van der Waals surface area contributed by atoms with Crippen LogP contribution in [0.2, 0.25) is 0 Å². The first-order chi connectivity index (χ1) is 7.88. The normalized spacial score (nSPS) is 18.4. The van der Waals surface area contributed by atoms with Crippen molar-refractivity contribution < 1.29 is 4.74 Å². The Hall–Kier alpha value is -1.77. The van der Waals surface area contributed by atoms with Gasteiger partial charge in [-0.05, 0) is 30.5 Å². The summed E-state index contributed by atoms with van der Waals surface area (Å²) in [6, 6.07) is 8.76. The van der Waals surface area contributed by atoms with Crippen molar-refractivity contribution in [3.05, 3.63) is 48.0 Å². The lowest BCUT2D eigenvalue weighted by molar-refractivity contribution is 0.414. The summed E-state index contributed by atoms with van der Waals surface area (Å²) in [4.78, 5) is 4.19. The molecular formula is C13H14N2O. The minimum Gasteiger partial charge on any atom is -0.497 e. The Labute approximate surface area is 94.7 Å². The topological polar surface area (TPSA) is 27.1 Å². The molecule has 82 valence electrons. The van der Waals surface area contributed by atoms with Gasteiger partial charge in [0.25, 0.3) is 0 Å². The Bertz CT molecular complexity index is 487. The molecule has 0 bridgehead atoms. The molecule has 1 atom stereocenters. The largest absolute Gasteiger partial charge is 0.497 e. The Morgan fingerprint density at radius 3 is 2.88 bits per heavy atom. The highest BCUT2D eigenvalue weighted by atomic mass is 16.5. The van der Waals surface area contributed by atoms with Crippen LogP contribution in [0.5, 0.6) is 5.75 Å². The maximum Gasteiger partial charge on any atom is 0.118 e. The molecule has 1 aliphatic rings. The van der Waals surface area contributed by atoms with Gasteiger partial charge in [-0.3, -0.25) is 0 Å². The maximum absolute atomic E-state index is 5.17. The van der Waals surface area contributed by atoms with E-state index in [0.717, 1.165) is 12.2 Å². The number of benzene rings is 1. The molecule has 0 saturated carbocycles. The highest BCUT2D eigenvalue weighted by Crippen LogP contribution is 2.31. The number of imidazole rings is 1. The van der Waals surface area contributed by atoms with E-state index >= 15 is 0 Å². The molecule has 0 fully saturated rings. The van der Waals surface area contributed by atoms with E-state index < -0.39 is 0 Å². The Morgan fingerprint density at radius 2 is 2.12 bits per heavy atom. The van der Waals surface area contributed by atoms with E-state index in [9.17, 15) is 0 Å². The minimum absolute atomic E-state index is 0.448. The summed E-state index contributed by atoms with van der Waals surface area (Å²) < 4.78 is 7.43. The zero-order valence-corrected chi connectivity index (χ0v) is 9.26. The summed E-state index contributed by atoms with van der Waals surface area (Å²) in [5.41, 5.74) is 2.67. The number of rotatable bonds is 2. The summed E-state index contributed by atoms with van der Waals surface area (Å²) in [6.07, 6.45) is 6.18. The number of aryl methyl sites for hydroxylation is 1. The van der Waals surface area contributed by atoms with Crippen molar-refractivity contribution in [2.24, 2.45) is 0 Å². The van der Waals surface area contributed by atoms with E-state index in [2.05, 4.69) is 21.7 Å². The third-order valence-corrected chi connectivity index (χ3v) is 3.26. The molecule has 3 nitrogen and oxygen atoms in total. The Balaban J connectivity index is 1.94. The number of ether oxygens (including phenoxy) is 1. The number of nitrogens with zero attached hydrogens (tertiary/aromatic N) is 2. The van der Waals surface area contributed by atoms with Crippen LogP contribution in [0.3, 0.4) is 0 Å². The lowest BCUT2D eigenvalue weighted by Crippen LogP contribution is -2.04. The Morgan fingerprint density at radius 1 is 1.31 bits per heavy atom. The van der Waals surface area contributed by atoms with Gasteiger partial charge >= 0.3 is 0 Å². The van der Waals surface area contributed by atoms with Crippen molar-refractivity contribution in [3.63, 3.8) is 0 Å². The van der Waals surface area contributed by atoms with E-state index in [4.69, 9.17) is 4.74 Å². The van der Waals surface area contributed by atoms with Gasteiger partial charge in [0.05, 0.1) is 19.5 Å². The van der Waals surface area contributed by atoms with Gasteiger partial charge in [0.15, 0.2) is 0 Å². The second-order valence-corrected chi connectivity index (χ2v) is 4.12. The predicted octanol–water partition coefficient (Wildman–Crippen LogP) is 2.43. The average molecular weight is 214 g/mol. The molecular weight excluding hydrogens is 200 g/mol. The minimum atomic E-state index is 0.448. The summed E-state index contributed by atoms with van der Waals surface area (Å²) in [6.45, 7) is 0. The molecule has 0 saturated heterocycles. The first-order valence-corrected chi connectivity index (χ1v) is 5.53. The first-order valence-electron chi connectivity index (χ1n) is 5.53. The highest BCUT2D eigenvalue weighted by Gasteiger charge is 2.22. The smallest absolute Gasteiger partial charge is 0.118 e. The summed E-state index contributed by atoms with van der Waals surface area (Å²) in [5, 5.41) is 0. The van der Waals surface area contributed by atoms with Gasteiger partial charge in [0.2, 0.25) is 0 Å². The number of hydrogen-bond donors (Lipinski definition) is 0. The van der Waals surface area contributed by atoms with E-state index in [1.54, 1.807) is 7.11 Å². The summed E-state index contributed by atoms with van der Waals surface area (Å²) in [5.74, 6) is 0.910. The number of aromatic nitrogens is 2. The monoisotopic (exact) mass is 214 g/mol. The molecule has 1 unspecified atom stereocenters. The van der Waals surface area contributed by atoms with Gasteiger partial charge in [-0.15, -0.1) is 0 Å². The fourth-order valence-electron chi connectivity index (χ4n) is 2.38. The fourth-order valence-corrected chi connectivity index (χ4v) is 2.38. The Kier molecular flexibility index (Phi) is 2.17. The lowest BCUT2D eigenvalue weighted by atomic mass is 10.0. The van der Waals surface area contributed by atoms with Crippen molar-refractivity contribution >= 4 is 0 Å². The van der Waals surface area contributed by atoms with Crippen molar-refractivity contribution in [2.75, 3.05) is 7.11 Å². The molecule has 2 aromatic rings. The molecule has 1 aliphatic heterocycles. The van der Waals surface area contributed by atoms with Crippen LogP contribution in [0.4, 0.5) is 0 Å². The van der Waals surface area contributed by atoms with Crippen LogP contribution >= 0.6 is 0 Å². The molecule has 16 heavy (non-hydrogen) atoms. The van der Waals surface area contributed by atoms with Crippen molar-refractivity contribution in [1.29, 1.82) is 0 Å². The molecule has 3 heteroatoms. The first kappa shape index (κ1) is 9.46. The van der Waals surface area contributed by atoms with Crippen LogP contribution < -0.4 is 4.74 Å². The van der Waals surface area contributed by atoms with E-state index in [1.165, 1.54) is 17.7 Å². The quantitative estimate of drug-likeness (QED) is 0.767. The van der Waals surface area contributed by atoms with Gasteiger partial charge in [-0.1, -0.05) is 12.1 Å². The molecule has 0 radical (unpaired) electrons. The molecule has 1 aromatic heterocycles. The number of methoxy groups -OCH3 is 1. The third kappa shape index (κ3) is 1.40. The zero-order valence-electron chi connectivity index (χ0n) is 9.26. The van der Waals surface area contributed by atoms with Crippen LogP contribution in [0, 0.1) is 0 Å². The molecule has 0 spiro atoms. The molecule has 2 heterocycles. The van der Waals surface area contributed by atoms with Crippen LogP contribution in [-0.4, -0.2) is 16.7 Å². The summed E-state index contributed by atoms with van der Waals surface area (Å²) >= 11 is 0. The standard InChI is InChI=1S/C13H14N2O/c1-16-12-5-2-10(3-6-12)13-7-4-11-8-14-9-15(11)13/h2-3,5-6,8-9,13H,4,7H2,1H3. The number of fused-ring (bicyclic) bond motifs is 1. The predicted molar refractivity (Wildman–Crippen MR) is 61.7 cm³/mol. The third-order valence-electron chi connectivity index (χ3n) is 3.26. The highest BCUT2D eigenvalue weighted by molar-refractivity contribution is 5.31. The lowest BCUT2D eigenvalue weighted by Gasteiger charge is -2.13. The van der Waals surface area contributed by atoms with Gasteiger partial charge < -0.3 is 9.30 Å². The fraction of sp³-hybridized carbons (Fsp3) is 0.308. The van der Waals surface area contributed by atoms with Crippen LogP contribution in [0.25, 0.3) is 0 Å². The van der Waals surface area contributed by atoms with Crippen molar-refractivity contribution in [1.82, 2.24) is 9.55 Å².